The Hall–Kier alpha value is -1.32. The molecule has 0 unspecified atom stereocenters. The second-order valence-corrected chi connectivity index (χ2v) is 4.84. The summed E-state index contributed by atoms with van der Waals surface area (Å²) < 4.78 is 1.85. The summed E-state index contributed by atoms with van der Waals surface area (Å²) in [6.45, 7) is 5.12. The van der Waals surface area contributed by atoms with Gasteiger partial charge in [-0.1, -0.05) is 13.3 Å². The lowest BCUT2D eigenvalue weighted by Crippen LogP contribution is -2.29. The van der Waals surface area contributed by atoms with Gasteiger partial charge in [0.1, 0.15) is 5.82 Å². The minimum absolute atomic E-state index is 0.620. The monoisotopic (exact) mass is 235 g/mol. The van der Waals surface area contributed by atoms with Crippen LogP contribution in [0, 0.1) is 6.92 Å². The van der Waals surface area contributed by atoms with Crippen LogP contribution in [0.3, 0.4) is 0 Å². The number of rotatable bonds is 6. The molecular formula is C13H21N3O. The third kappa shape index (κ3) is 2.35. The van der Waals surface area contributed by atoms with Crippen molar-refractivity contribution in [2.24, 2.45) is 7.05 Å². The Balaban J connectivity index is 2.30. The van der Waals surface area contributed by atoms with Crippen molar-refractivity contribution in [1.82, 2.24) is 9.78 Å². The molecule has 2 rings (SSSR count). The number of nitrogens with zero attached hydrogens (tertiary/aromatic N) is 3. The van der Waals surface area contributed by atoms with E-state index in [4.69, 9.17) is 0 Å². The van der Waals surface area contributed by atoms with Crippen molar-refractivity contribution in [2.45, 2.75) is 45.6 Å². The normalized spacial score (nSPS) is 15.0. The molecular weight excluding hydrogens is 214 g/mol. The van der Waals surface area contributed by atoms with E-state index in [2.05, 4.69) is 16.9 Å². The van der Waals surface area contributed by atoms with E-state index in [1.54, 1.807) is 0 Å². The van der Waals surface area contributed by atoms with Crippen LogP contribution in [-0.2, 0) is 7.05 Å². The SMILES string of the molecule is CCCCN(c1c(C=O)c(C)nn1C)C1CC1. The van der Waals surface area contributed by atoms with Gasteiger partial charge in [0.05, 0.1) is 11.3 Å². The molecule has 0 aromatic carbocycles. The summed E-state index contributed by atoms with van der Waals surface area (Å²) in [5, 5.41) is 4.36. The molecule has 0 N–H and O–H groups in total. The fourth-order valence-corrected chi connectivity index (χ4v) is 2.32. The molecule has 1 heterocycles. The van der Waals surface area contributed by atoms with Crippen LogP contribution in [0.15, 0.2) is 0 Å². The Labute approximate surface area is 103 Å². The Morgan fingerprint density at radius 3 is 2.76 bits per heavy atom. The molecule has 0 radical (unpaired) electrons. The maximum Gasteiger partial charge on any atom is 0.155 e. The van der Waals surface area contributed by atoms with Crippen molar-refractivity contribution in [2.75, 3.05) is 11.4 Å². The zero-order chi connectivity index (χ0) is 12.4. The number of aromatic nitrogens is 2. The van der Waals surface area contributed by atoms with Crippen molar-refractivity contribution >= 4 is 12.1 Å². The predicted octanol–water partition coefficient (Wildman–Crippen LogP) is 2.31. The molecule has 17 heavy (non-hydrogen) atoms. The largest absolute Gasteiger partial charge is 0.353 e. The van der Waals surface area contributed by atoms with E-state index in [0.717, 1.165) is 29.9 Å². The molecule has 0 saturated heterocycles. The van der Waals surface area contributed by atoms with E-state index in [0.29, 0.717) is 6.04 Å². The zero-order valence-corrected chi connectivity index (χ0v) is 10.9. The van der Waals surface area contributed by atoms with Gasteiger partial charge >= 0.3 is 0 Å². The molecule has 0 bridgehead atoms. The number of aryl methyl sites for hydroxylation is 2. The lowest BCUT2D eigenvalue weighted by Gasteiger charge is -2.24. The molecule has 1 aliphatic carbocycles. The average Bonchev–Trinajstić information content (AvgIpc) is 3.07. The molecule has 1 aromatic heterocycles. The highest BCUT2D eigenvalue weighted by atomic mass is 16.1. The molecule has 4 heteroatoms. The molecule has 1 aliphatic rings. The number of aldehydes is 1. The number of anilines is 1. The van der Waals surface area contributed by atoms with E-state index in [1.165, 1.54) is 25.7 Å². The Kier molecular flexibility index (Phi) is 3.50. The minimum Gasteiger partial charge on any atom is -0.353 e. The van der Waals surface area contributed by atoms with Gasteiger partial charge in [-0.05, 0) is 26.2 Å². The van der Waals surface area contributed by atoms with Crippen molar-refractivity contribution in [3.8, 4) is 0 Å². The third-order valence-corrected chi connectivity index (χ3v) is 3.37. The Morgan fingerprint density at radius 2 is 2.24 bits per heavy atom. The maximum atomic E-state index is 11.2. The first-order valence-corrected chi connectivity index (χ1v) is 6.44. The van der Waals surface area contributed by atoms with Crippen molar-refractivity contribution < 1.29 is 4.79 Å². The quantitative estimate of drug-likeness (QED) is 0.710. The van der Waals surface area contributed by atoms with Gasteiger partial charge < -0.3 is 4.90 Å². The smallest absolute Gasteiger partial charge is 0.155 e. The molecule has 0 atom stereocenters. The second kappa shape index (κ2) is 4.90. The minimum atomic E-state index is 0.620. The standard InChI is InChI=1S/C13H21N3O/c1-4-5-8-16(11-6-7-11)13-12(9-17)10(2)14-15(13)3/h9,11H,4-8H2,1-3H3. The molecule has 1 saturated carbocycles. The van der Waals surface area contributed by atoms with E-state index < -0.39 is 0 Å². The van der Waals surface area contributed by atoms with E-state index >= 15 is 0 Å². The van der Waals surface area contributed by atoms with E-state index in [9.17, 15) is 4.79 Å². The van der Waals surface area contributed by atoms with Gasteiger partial charge in [0.2, 0.25) is 0 Å². The second-order valence-electron chi connectivity index (χ2n) is 4.84. The maximum absolute atomic E-state index is 11.2. The Bertz CT molecular complexity index is 407. The van der Waals surface area contributed by atoms with Crippen LogP contribution in [0.1, 0.15) is 48.7 Å². The number of hydrogen-bond acceptors (Lipinski definition) is 3. The average molecular weight is 235 g/mol. The first-order chi connectivity index (χ1) is 8.19. The molecule has 94 valence electrons. The van der Waals surface area contributed by atoms with Crippen LogP contribution in [-0.4, -0.2) is 28.7 Å². The number of carbonyl (C=O) groups is 1. The van der Waals surface area contributed by atoms with Gasteiger partial charge in [-0.2, -0.15) is 5.10 Å². The van der Waals surface area contributed by atoms with Crippen LogP contribution in [0.4, 0.5) is 5.82 Å². The fourth-order valence-electron chi connectivity index (χ4n) is 2.32. The van der Waals surface area contributed by atoms with Crippen molar-refractivity contribution in [1.29, 1.82) is 0 Å². The number of hydrogen-bond donors (Lipinski definition) is 0. The zero-order valence-electron chi connectivity index (χ0n) is 10.9. The van der Waals surface area contributed by atoms with Crippen molar-refractivity contribution in [3.05, 3.63) is 11.3 Å². The van der Waals surface area contributed by atoms with Crippen molar-refractivity contribution in [3.63, 3.8) is 0 Å². The highest BCUT2D eigenvalue weighted by molar-refractivity contribution is 5.85. The van der Waals surface area contributed by atoms with Gasteiger partial charge in [0, 0.05) is 19.6 Å². The summed E-state index contributed by atoms with van der Waals surface area (Å²) in [5.41, 5.74) is 1.59. The molecule has 1 fully saturated rings. The van der Waals surface area contributed by atoms with Gasteiger partial charge in [0.25, 0.3) is 0 Å². The lowest BCUT2D eigenvalue weighted by molar-refractivity contribution is 0.112. The van der Waals surface area contributed by atoms with Crippen LogP contribution in [0.2, 0.25) is 0 Å². The van der Waals surface area contributed by atoms with E-state index in [1.807, 2.05) is 18.7 Å². The summed E-state index contributed by atoms with van der Waals surface area (Å²) in [4.78, 5) is 13.6. The van der Waals surface area contributed by atoms with Gasteiger partial charge in [0.15, 0.2) is 6.29 Å². The third-order valence-electron chi connectivity index (χ3n) is 3.37. The summed E-state index contributed by atoms with van der Waals surface area (Å²) in [6.07, 6.45) is 5.77. The summed E-state index contributed by atoms with van der Waals surface area (Å²) in [5.74, 6) is 1.01. The van der Waals surface area contributed by atoms with Crippen LogP contribution in [0.5, 0.6) is 0 Å². The molecule has 4 nitrogen and oxygen atoms in total. The highest BCUT2D eigenvalue weighted by Crippen LogP contribution is 2.34. The highest BCUT2D eigenvalue weighted by Gasteiger charge is 2.32. The van der Waals surface area contributed by atoms with Crippen LogP contribution in [0.25, 0.3) is 0 Å². The lowest BCUT2D eigenvalue weighted by atomic mass is 10.2. The van der Waals surface area contributed by atoms with Gasteiger partial charge in [-0.15, -0.1) is 0 Å². The first-order valence-electron chi connectivity index (χ1n) is 6.44. The van der Waals surface area contributed by atoms with Gasteiger partial charge in [-0.3, -0.25) is 9.48 Å². The molecule has 0 aliphatic heterocycles. The first kappa shape index (κ1) is 12.1. The van der Waals surface area contributed by atoms with Gasteiger partial charge in [-0.25, -0.2) is 0 Å². The molecule has 0 spiro atoms. The summed E-state index contributed by atoms with van der Waals surface area (Å²) in [7, 11) is 1.93. The van der Waals surface area contributed by atoms with Crippen LogP contribution < -0.4 is 4.90 Å². The number of unbranched alkanes of at least 4 members (excludes halogenated alkanes) is 1. The topological polar surface area (TPSA) is 38.1 Å². The van der Waals surface area contributed by atoms with E-state index in [-0.39, 0.29) is 0 Å². The Morgan fingerprint density at radius 1 is 1.53 bits per heavy atom. The molecule has 1 aromatic rings. The predicted molar refractivity (Wildman–Crippen MR) is 68.6 cm³/mol. The summed E-state index contributed by atoms with van der Waals surface area (Å²) >= 11 is 0. The fraction of sp³-hybridized carbons (Fsp3) is 0.692. The summed E-state index contributed by atoms with van der Waals surface area (Å²) in [6, 6.07) is 0.620. The number of carbonyl (C=O) groups excluding carboxylic acids is 1. The molecule has 0 amide bonds. The van der Waals surface area contributed by atoms with Crippen LogP contribution >= 0.6 is 0 Å².